The van der Waals surface area contributed by atoms with Crippen molar-refractivity contribution in [1.82, 2.24) is 10.2 Å². The van der Waals surface area contributed by atoms with Gasteiger partial charge in [0.2, 0.25) is 0 Å². The minimum Gasteiger partial charge on any atom is -0.316 e. The van der Waals surface area contributed by atoms with Gasteiger partial charge in [-0.2, -0.15) is 11.3 Å². The van der Waals surface area contributed by atoms with Crippen LogP contribution in [0.3, 0.4) is 0 Å². The smallest absolute Gasteiger partial charge is 0.0245 e. The molecular formula is C18H32N2S. The fourth-order valence-corrected chi connectivity index (χ4v) is 3.48. The molecular weight excluding hydrogens is 276 g/mol. The molecule has 0 aliphatic heterocycles. The Morgan fingerprint density at radius 1 is 1.43 bits per heavy atom. The number of nitrogens with zero attached hydrogens (tertiary/aromatic N) is 1. The van der Waals surface area contributed by atoms with E-state index < -0.39 is 0 Å². The Morgan fingerprint density at radius 3 is 2.71 bits per heavy atom. The minimum absolute atomic E-state index is 0.382. The van der Waals surface area contributed by atoms with Gasteiger partial charge >= 0.3 is 0 Å². The van der Waals surface area contributed by atoms with Crippen molar-refractivity contribution in [3.8, 4) is 0 Å². The highest BCUT2D eigenvalue weighted by atomic mass is 32.1. The second kappa shape index (κ2) is 7.75. The van der Waals surface area contributed by atoms with Crippen molar-refractivity contribution >= 4 is 11.3 Å². The predicted octanol–water partition coefficient (Wildman–Crippen LogP) is 4.37. The third-order valence-corrected chi connectivity index (χ3v) is 5.30. The first-order valence-electron chi connectivity index (χ1n) is 8.48. The van der Waals surface area contributed by atoms with Gasteiger partial charge in [-0.05, 0) is 59.5 Å². The normalized spacial score (nSPS) is 18.4. The zero-order valence-electron chi connectivity index (χ0n) is 14.2. The molecule has 1 N–H and O–H groups in total. The van der Waals surface area contributed by atoms with Gasteiger partial charge in [-0.1, -0.05) is 27.7 Å². The zero-order valence-corrected chi connectivity index (χ0v) is 15.0. The van der Waals surface area contributed by atoms with Gasteiger partial charge in [0.25, 0.3) is 0 Å². The van der Waals surface area contributed by atoms with E-state index >= 15 is 0 Å². The van der Waals surface area contributed by atoms with Crippen LogP contribution in [0.25, 0.3) is 0 Å². The van der Waals surface area contributed by atoms with Crippen LogP contribution in [-0.4, -0.2) is 30.6 Å². The molecule has 0 aromatic carbocycles. The first-order valence-corrected chi connectivity index (χ1v) is 9.42. The quantitative estimate of drug-likeness (QED) is 0.690. The summed E-state index contributed by atoms with van der Waals surface area (Å²) in [4.78, 5) is 2.72. The van der Waals surface area contributed by atoms with Gasteiger partial charge in [0.15, 0.2) is 0 Å². The van der Waals surface area contributed by atoms with Crippen molar-refractivity contribution in [2.45, 2.75) is 59.5 Å². The summed E-state index contributed by atoms with van der Waals surface area (Å²) in [6.07, 6.45) is 4.03. The molecule has 21 heavy (non-hydrogen) atoms. The van der Waals surface area contributed by atoms with Crippen molar-refractivity contribution in [3.63, 3.8) is 0 Å². The molecule has 3 heteroatoms. The fraction of sp³-hybridized carbons (Fsp3) is 0.778. The van der Waals surface area contributed by atoms with Gasteiger partial charge < -0.3 is 5.32 Å². The standard InChI is InChI=1S/C18H32N2S/c1-5-18(4,13-19-10-15(2)3)14-20(17-6-7-17)11-16-8-9-21-12-16/h8-9,12,15,17,19H,5-7,10-11,13-14H2,1-4H3. The lowest BCUT2D eigenvalue weighted by Gasteiger charge is -2.35. The Morgan fingerprint density at radius 2 is 2.19 bits per heavy atom. The molecule has 1 aliphatic rings. The van der Waals surface area contributed by atoms with Crippen LogP contribution < -0.4 is 5.32 Å². The lowest BCUT2D eigenvalue weighted by atomic mass is 9.86. The van der Waals surface area contributed by atoms with E-state index in [0.717, 1.165) is 31.6 Å². The molecule has 1 aromatic heterocycles. The lowest BCUT2D eigenvalue weighted by molar-refractivity contribution is 0.141. The van der Waals surface area contributed by atoms with E-state index in [1.807, 2.05) is 11.3 Å². The number of nitrogens with one attached hydrogen (secondary N) is 1. The number of hydrogen-bond acceptors (Lipinski definition) is 3. The van der Waals surface area contributed by atoms with Crippen LogP contribution in [0.1, 0.15) is 52.5 Å². The molecule has 1 atom stereocenters. The van der Waals surface area contributed by atoms with E-state index in [4.69, 9.17) is 0 Å². The van der Waals surface area contributed by atoms with Gasteiger partial charge in [0.05, 0.1) is 0 Å². The SMILES string of the molecule is CCC(C)(CNCC(C)C)CN(Cc1ccsc1)C1CC1. The Balaban J connectivity index is 1.89. The van der Waals surface area contributed by atoms with E-state index in [1.54, 1.807) is 0 Å². The van der Waals surface area contributed by atoms with Crippen molar-refractivity contribution in [2.24, 2.45) is 11.3 Å². The zero-order chi connectivity index (χ0) is 15.3. The van der Waals surface area contributed by atoms with Gasteiger partial charge in [0.1, 0.15) is 0 Å². The molecule has 1 aromatic rings. The molecule has 0 saturated heterocycles. The van der Waals surface area contributed by atoms with Crippen molar-refractivity contribution in [2.75, 3.05) is 19.6 Å². The van der Waals surface area contributed by atoms with Crippen molar-refractivity contribution < 1.29 is 0 Å². The summed E-state index contributed by atoms with van der Waals surface area (Å²) >= 11 is 1.82. The summed E-state index contributed by atoms with van der Waals surface area (Å²) < 4.78 is 0. The summed E-state index contributed by atoms with van der Waals surface area (Å²) in [5.41, 5.74) is 1.87. The van der Waals surface area contributed by atoms with Gasteiger partial charge in [-0.15, -0.1) is 0 Å². The second-order valence-corrected chi connectivity index (χ2v) is 8.24. The Hall–Kier alpha value is -0.380. The summed E-state index contributed by atoms with van der Waals surface area (Å²) in [6, 6.07) is 3.11. The third kappa shape index (κ3) is 5.72. The first kappa shape index (κ1) is 17.0. The Labute approximate surface area is 134 Å². The summed E-state index contributed by atoms with van der Waals surface area (Å²) in [7, 11) is 0. The molecule has 1 heterocycles. The molecule has 1 fully saturated rings. The first-order chi connectivity index (χ1) is 10.0. The Kier molecular flexibility index (Phi) is 6.27. The monoisotopic (exact) mass is 308 g/mol. The van der Waals surface area contributed by atoms with Crippen LogP contribution in [0.4, 0.5) is 0 Å². The average molecular weight is 309 g/mol. The molecule has 120 valence electrons. The van der Waals surface area contributed by atoms with Gasteiger partial charge in [-0.25, -0.2) is 0 Å². The summed E-state index contributed by atoms with van der Waals surface area (Å²) in [6.45, 7) is 14.0. The van der Waals surface area contributed by atoms with Crippen LogP contribution in [-0.2, 0) is 6.54 Å². The van der Waals surface area contributed by atoms with E-state index in [1.165, 1.54) is 31.4 Å². The molecule has 1 aliphatic carbocycles. The minimum atomic E-state index is 0.382. The maximum Gasteiger partial charge on any atom is 0.0245 e. The highest BCUT2D eigenvalue weighted by molar-refractivity contribution is 7.07. The topological polar surface area (TPSA) is 15.3 Å². The largest absolute Gasteiger partial charge is 0.316 e. The van der Waals surface area contributed by atoms with Crippen LogP contribution in [0, 0.1) is 11.3 Å². The van der Waals surface area contributed by atoms with E-state index in [9.17, 15) is 0 Å². The predicted molar refractivity (Wildman–Crippen MR) is 93.9 cm³/mol. The fourth-order valence-electron chi connectivity index (χ4n) is 2.82. The highest BCUT2D eigenvalue weighted by Crippen LogP contribution is 2.33. The molecule has 2 rings (SSSR count). The molecule has 1 saturated carbocycles. The maximum absolute atomic E-state index is 3.68. The van der Waals surface area contributed by atoms with E-state index in [2.05, 4.69) is 54.7 Å². The number of hydrogen-bond donors (Lipinski definition) is 1. The molecule has 0 bridgehead atoms. The second-order valence-electron chi connectivity index (χ2n) is 7.46. The van der Waals surface area contributed by atoms with Gasteiger partial charge in [-0.3, -0.25) is 4.90 Å². The number of thiophene rings is 1. The van der Waals surface area contributed by atoms with Crippen molar-refractivity contribution in [3.05, 3.63) is 22.4 Å². The molecule has 2 nitrogen and oxygen atoms in total. The maximum atomic E-state index is 3.68. The molecule has 0 amide bonds. The Bertz CT molecular complexity index is 397. The van der Waals surface area contributed by atoms with E-state index in [0.29, 0.717) is 5.41 Å². The third-order valence-electron chi connectivity index (χ3n) is 4.57. The van der Waals surface area contributed by atoms with Crippen molar-refractivity contribution in [1.29, 1.82) is 0 Å². The van der Waals surface area contributed by atoms with Crippen LogP contribution >= 0.6 is 11.3 Å². The number of rotatable bonds is 10. The summed E-state index contributed by atoms with van der Waals surface area (Å²) in [5, 5.41) is 8.17. The molecule has 0 spiro atoms. The molecule has 0 radical (unpaired) electrons. The van der Waals surface area contributed by atoms with E-state index in [-0.39, 0.29) is 0 Å². The summed E-state index contributed by atoms with van der Waals surface area (Å²) in [5.74, 6) is 0.733. The lowest BCUT2D eigenvalue weighted by Crippen LogP contribution is -2.43. The van der Waals surface area contributed by atoms with Crippen LogP contribution in [0.2, 0.25) is 0 Å². The van der Waals surface area contributed by atoms with Gasteiger partial charge in [0, 0.05) is 25.7 Å². The van der Waals surface area contributed by atoms with Crippen LogP contribution in [0.5, 0.6) is 0 Å². The molecule has 1 unspecified atom stereocenters. The highest BCUT2D eigenvalue weighted by Gasteiger charge is 2.34. The average Bonchev–Trinajstić information content (AvgIpc) is 3.16. The van der Waals surface area contributed by atoms with Crippen LogP contribution in [0.15, 0.2) is 16.8 Å².